The van der Waals surface area contributed by atoms with E-state index in [2.05, 4.69) is 0 Å². The second kappa shape index (κ2) is 9.08. The fraction of sp³-hybridized carbons (Fsp3) is 0.500. The Morgan fingerprint density at radius 2 is 1.43 bits per heavy atom. The highest BCUT2D eigenvalue weighted by molar-refractivity contribution is 5.96. The quantitative estimate of drug-likeness (QED) is 0.418. The summed E-state index contributed by atoms with van der Waals surface area (Å²) in [5, 5.41) is 0. The molecule has 0 spiro atoms. The van der Waals surface area contributed by atoms with Crippen LogP contribution in [-0.4, -0.2) is 30.4 Å². The Kier molecular flexibility index (Phi) is 7.45. The van der Waals surface area contributed by atoms with E-state index >= 15 is 0 Å². The third kappa shape index (κ3) is 5.85. The molecule has 0 aliphatic rings. The zero-order valence-corrected chi connectivity index (χ0v) is 14.0. The van der Waals surface area contributed by atoms with Crippen molar-refractivity contribution in [3.8, 4) is 0 Å². The van der Waals surface area contributed by atoms with Gasteiger partial charge in [0.05, 0.1) is 12.2 Å². The molecule has 0 bridgehead atoms. The summed E-state index contributed by atoms with van der Waals surface area (Å²) in [6.07, 6.45) is 0.0272. The van der Waals surface area contributed by atoms with Crippen molar-refractivity contribution >= 4 is 18.2 Å². The molecule has 0 aliphatic carbocycles. The minimum absolute atomic E-state index is 0.0368. The van der Waals surface area contributed by atoms with Crippen molar-refractivity contribution in [1.82, 2.24) is 0 Å². The van der Waals surface area contributed by atoms with Crippen LogP contribution in [0.4, 0.5) is 0 Å². The fourth-order valence-corrected chi connectivity index (χ4v) is 2.30. The molecule has 0 radical (unpaired) electrons. The van der Waals surface area contributed by atoms with Gasteiger partial charge in [0.2, 0.25) is 0 Å². The van der Waals surface area contributed by atoms with Crippen molar-refractivity contribution in [2.75, 3.05) is 0 Å². The lowest BCUT2D eigenvalue weighted by molar-refractivity contribution is -0.167. The van der Waals surface area contributed by atoms with E-state index in [1.807, 2.05) is 6.07 Å². The van der Waals surface area contributed by atoms with E-state index in [0.717, 1.165) is 5.56 Å². The summed E-state index contributed by atoms with van der Waals surface area (Å²) in [6.45, 7) is 6.83. The Balaban J connectivity index is 3.18. The number of carbonyl (C=O) groups excluding carboxylic acids is 3. The Bertz CT molecular complexity index is 499. The first-order valence-corrected chi connectivity index (χ1v) is 7.76. The summed E-state index contributed by atoms with van der Waals surface area (Å²) in [5.41, 5.74) is 0.728. The molecule has 126 valence electrons. The Morgan fingerprint density at radius 1 is 0.957 bits per heavy atom. The van der Waals surface area contributed by atoms with E-state index in [1.165, 1.54) is 0 Å². The Morgan fingerprint density at radius 3 is 1.83 bits per heavy atom. The summed E-state index contributed by atoms with van der Waals surface area (Å²) in [7, 11) is 0. The largest absolute Gasteiger partial charge is 0.462 e. The third-order valence-corrected chi connectivity index (χ3v) is 3.19. The van der Waals surface area contributed by atoms with Crippen molar-refractivity contribution in [3.63, 3.8) is 0 Å². The smallest absolute Gasteiger partial charge is 0.321 e. The summed E-state index contributed by atoms with van der Waals surface area (Å²) in [4.78, 5) is 35.9. The minimum Gasteiger partial charge on any atom is -0.462 e. The molecule has 0 fully saturated rings. The maximum atomic E-state index is 12.4. The normalized spacial score (nSPS) is 12.3. The minimum atomic E-state index is -1.16. The van der Waals surface area contributed by atoms with Gasteiger partial charge in [0.15, 0.2) is 5.92 Å². The summed E-state index contributed by atoms with van der Waals surface area (Å²) in [6, 6.07) is 8.99. The first kappa shape index (κ1) is 18.9. The molecule has 1 aromatic carbocycles. The lowest BCUT2D eigenvalue weighted by Crippen LogP contribution is -2.36. The summed E-state index contributed by atoms with van der Waals surface area (Å²) in [5.74, 6) is -3.10. The van der Waals surface area contributed by atoms with E-state index in [-0.39, 0.29) is 18.6 Å². The molecule has 0 saturated heterocycles. The van der Waals surface area contributed by atoms with Crippen LogP contribution < -0.4 is 0 Å². The predicted octanol–water partition coefficient (Wildman–Crippen LogP) is 2.88. The van der Waals surface area contributed by atoms with Crippen LogP contribution in [0.15, 0.2) is 30.3 Å². The van der Waals surface area contributed by atoms with Gasteiger partial charge >= 0.3 is 11.9 Å². The maximum absolute atomic E-state index is 12.4. The van der Waals surface area contributed by atoms with Crippen LogP contribution in [0.3, 0.4) is 0 Å². The summed E-state index contributed by atoms with van der Waals surface area (Å²) < 4.78 is 10.4. The molecule has 5 heteroatoms. The van der Waals surface area contributed by atoms with Crippen LogP contribution in [-0.2, 0) is 23.9 Å². The molecule has 1 aromatic rings. The van der Waals surface area contributed by atoms with Crippen LogP contribution in [0.5, 0.6) is 0 Å². The lowest BCUT2D eigenvalue weighted by Gasteiger charge is -2.25. The number of benzene rings is 1. The second-order valence-electron chi connectivity index (χ2n) is 5.87. The van der Waals surface area contributed by atoms with Crippen LogP contribution in [0.1, 0.15) is 45.6 Å². The van der Waals surface area contributed by atoms with Gasteiger partial charge in [0.1, 0.15) is 6.29 Å². The number of carbonyl (C=O) groups is 3. The van der Waals surface area contributed by atoms with Crippen molar-refractivity contribution in [2.45, 2.75) is 52.2 Å². The molecule has 1 atom stereocenters. The van der Waals surface area contributed by atoms with E-state index in [4.69, 9.17) is 9.47 Å². The number of hydrogen-bond acceptors (Lipinski definition) is 5. The zero-order chi connectivity index (χ0) is 17.4. The van der Waals surface area contributed by atoms with Gasteiger partial charge in [0.25, 0.3) is 0 Å². The Hall–Kier alpha value is -2.17. The van der Waals surface area contributed by atoms with Crippen molar-refractivity contribution in [1.29, 1.82) is 0 Å². The first-order valence-electron chi connectivity index (χ1n) is 7.76. The molecule has 0 amide bonds. The van der Waals surface area contributed by atoms with E-state index < -0.39 is 23.8 Å². The van der Waals surface area contributed by atoms with Gasteiger partial charge in [-0.1, -0.05) is 30.3 Å². The Labute approximate surface area is 137 Å². The van der Waals surface area contributed by atoms with Gasteiger partial charge in [-0.15, -0.1) is 0 Å². The first-order chi connectivity index (χ1) is 10.9. The van der Waals surface area contributed by atoms with Gasteiger partial charge in [-0.05, 0) is 33.3 Å². The third-order valence-electron chi connectivity index (χ3n) is 3.19. The highest BCUT2D eigenvalue weighted by Gasteiger charge is 2.39. The van der Waals surface area contributed by atoms with Gasteiger partial charge in [-0.3, -0.25) is 9.59 Å². The average Bonchev–Trinajstić information content (AvgIpc) is 2.46. The van der Waals surface area contributed by atoms with E-state index in [9.17, 15) is 14.4 Å². The topological polar surface area (TPSA) is 69.7 Å². The molecular weight excluding hydrogens is 296 g/mol. The molecule has 0 saturated carbocycles. The number of aldehydes is 1. The monoisotopic (exact) mass is 320 g/mol. The predicted molar refractivity (Wildman–Crippen MR) is 85.8 cm³/mol. The van der Waals surface area contributed by atoms with Crippen LogP contribution in [0.25, 0.3) is 0 Å². The standard InChI is InChI=1S/C18H24O5/c1-12(2)22-17(20)16(18(21)23-13(3)4)15(10-11-19)14-8-6-5-7-9-14/h5-9,11-13,15-16H,10H2,1-4H3. The average molecular weight is 320 g/mol. The van der Waals surface area contributed by atoms with E-state index in [0.29, 0.717) is 6.29 Å². The molecule has 0 aliphatic heterocycles. The maximum Gasteiger partial charge on any atom is 0.321 e. The zero-order valence-electron chi connectivity index (χ0n) is 14.0. The fourth-order valence-electron chi connectivity index (χ4n) is 2.30. The second-order valence-corrected chi connectivity index (χ2v) is 5.87. The van der Waals surface area contributed by atoms with E-state index in [1.54, 1.807) is 52.0 Å². The highest BCUT2D eigenvalue weighted by atomic mass is 16.6. The summed E-state index contributed by atoms with van der Waals surface area (Å²) >= 11 is 0. The van der Waals surface area contributed by atoms with Gasteiger partial charge in [-0.2, -0.15) is 0 Å². The molecule has 0 aromatic heterocycles. The van der Waals surface area contributed by atoms with Gasteiger partial charge in [0, 0.05) is 12.3 Å². The number of rotatable bonds is 8. The van der Waals surface area contributed by atoms with Crippen molar-refractivity contribution < 1.29 is 23.9 Å². The number of hydrogen-bond donors (Lipinski definition) is 0. The van der Waals surface area contributed by atoms with Crippen LogP contribution >= 0.6 is 0 Å². The number of esters is 2. The lowest BCUT2D eigenvalue weighted by atomic mass is 9.83. The van der Waals surface area contributed by atoms with Crippen LogP contribution in [0, 0.1) is 5.92 Å². The van der Waals surface area contributed by atoms with Gasteiger partial charge in [-0.25, -0.2) is 0 Å². The molecule has 1 rings (SSSR count). The van der Waals surface area contributed by atoms with Crippen LogP contribution in [0.2, 0.25) is 0 Å². The molecule has 0 N–H and O–H groups in total. The number of ether oxygens (including phenoxy) is 2. The van der Waals surface area contributed by atoms with Crippen molar-refractivity contribution in [3.05, 3.63) is 35.9 Å². The molecule has 1 unspecified atom stereocenters. The SMILES string of the molecule is CC(C)OC(=O)C(C(=O)OC(C)C)C(CC=O)c1ccccc1. The molecule has 5 nitrogen and oxygen atoms in total. The van der Waals surface area contributed by atoms with Crippen molar-refractivity contribution in [2.24, 2.45) is 5.92 Å². The molecule has 23 heavy (non-hydrogen) atoms. The molecule has 0 heterocycles. The highest BCUT2D eigenvalue weighted by Crippen LogP contribution is 2.30. The van der Waals surface area contributed by atoms with Gasteiger partial charge < -0.3 is 14.3 Å². The molecular formula is C18H24O5.